The molecule has 192 valence electrons. The minimum absolute atomic E-state index is 0.0187. The number of benzene rings is 1. The van der Waals surface area contributed by atoms with E-state index in [1.807, 2.05) is 13.8 Å². The van der Waals surface area contributed by atoms with Gasteiger partial charge in [0.15, 0.2) is 9.84 Å². The molecule has 3 N–H and O–H groups in total. The van der Waals surface area contributed by atoms with E-state index in [9.17, 15) is 27.6 Å². The third-order valence-electron chi connectivity index (χ3n) is 5.98. The lowest BCUT2D eigenvalue weighted by Gasteiger charge is -2.31. The Bertz CT molecular complexity index is 1060. The van der Waals surface area contributed by atoms with E-state index in [4.69, 9.17) is 4.74 Å². The van der Waals surface area contributed by atoms with Crippen LogP contribution in [0.1, 0.15) is 37.0 Å². The van der Waals surface area contributed by atoms with Crippen LogP contribution in [-0.2, 0) is 24.2 Å². The van der Waals surface area contributed by atoms with Crippen molar-refractivity contribution in [2.24, 2.45) is 5.92 Å². The molecular weight excluding hydrogens is 476 g/mol. The van der Waals surface area contributed by atoms with Gasteiger partial charge in [-0.1, -0.05) is 26.0 Å². The Labute approximate surface area is 204 Å². The van der Waals surface area contributed by atoms with Crippen molar-refractivity contribution in [3.63, 3.8) is 0 Å². The van der Waals surface area contributed by atoms with Crippen molar-refractivity contribution in [3.05, 3.63) is 29.8 Å². The molecule has 0 saturated carbocycles. The maximum Gasteiger partial charge on any atom is 0.255 e. The number of ether oxygens (including phenoxy) is 1. The summed E-state index contributed by atoms with van der Waals surface area (Å²) in [6.07, 6.45) is -0.132. The first kappa shape index (κ1) is 26.5. The standard InChI is InChI=1S/C23H32N4O7S/c1-15(2)20-22(30)24-9-12-34-18-6-4-3-5-16(18)21(29)25-17(7-8-19(28)26-20)23(31)27-10-13-35(32,33)14-11-27/h3-6,15,17,20H,7-14H2,1-2H3,(H,24,30)(H,25,29)(H,26,28)/t17-,20+/m0/s1. The summed E-state index contributed by atoms with van der Waals surface area (Å²) in [7, 11) is -3.20. The van der Waals surface area contributed by atoms with Crippen LogP contribution < -0.4 is 20.7 Å². The molecule has 1 aromatic carbocycles. The van der Waals surface area contributed by atoms with E-state index in [0.717, 1.165) is 0 Å². The second kappa shape index (κ2) is 11.5. The van der Waals surface area contributed by atoms with E-state index in [-0.39, 0.29) is 68.0 Å². The number of carbonyl (C=O) groups is 4. The van der Waals surface area contributed by atoms with Crippen molar-refractivity contribution < 1.29 is 32.3 Å². The van der Waals surface area contributed by atoms with Crippen LogP contribution in [0.5, 0.6) is 5.75 Å². The lowest BCUT2D eigenvalue weighted by Crippen LogP contribution is -2.53. The summed E-state index contributed by atoms with van der Waals surface area (Å²) in [6.45, 7) is 3.93. The number of nitrogens with zero attached hydrogens (tertiary/aromatic N) is 1. The minimum Gasteiger partial charge on any atom is -0.491 e. The Balaban J connectivity index is 1.86. The Hall–Kier alpha value is -3.15. The van der Waals surface area contributed by atoms with Crippen molar-refractivity contribution >= 4 is 33.5 Å². The lowest BCUT2D eigenvalue weighted by atomic mass is 10.0. The molecule has 2 atom stereocenters. The summed E-state index contributed by atoms with van der Waals surface area (Å²) in [5.74, 6) is -1.98. The summed E-state index contributed by atoms with van der Waals surface area (Å²) in [6, 6.07) is 4.70. The molecule has 2 aliphatic heterocycles. The van der Waals surface area contributed by atoms with E-state index in [1.54, 1.807) is 24.3 Å². The van der Waals surface area contributed by atoms with Crippen molar-refractivity contribution in [2.45, 2.75) is 38.8 Å². The van der Waals surface area contributed by atoms with Crippen LogP contribution in [0.4, 0.5) is 0 Å². The number of carbonyl (C=O) groups excluding carboxylic acids is 4. The molecule has 12 heteroatoms. The van der Waals surface area contributed by atoms with E-state index in [0.29, 0.717) is 5.75 Å². The molecule has 1 saturated heterocycles. The molecule has 0 unspecified atom stereocenters. The third kappa shape index (κ3) is 7.17. The van der Waals surface area contributed by atoms with E-state index < -0.39 is 39.6 Å². The van der Waals surface area contributed by atoms with Gasteiger partial charge in [-0.05, 0) is 24.5 Å². The number of para-hydroxylation sites is 1. The van der Waals surface area contributed by atoms with Gasteiger partial charge in [-0.15, -0.1) is 0 Å². The van der Waals surface area contributed by atoms with E-state index >= 15 is 0 Å². The molecule has 35 heavy (non-hydrogen) atoms. The number of amides is 4. The number of sulfone groups is 1. The van der Waals surface area contributed by atoms with Gasteiger partial charge in [-0.2, -0.15) is 0 Å². The zero-order valence-electron chi connectivity index (χ0n) is 19.9. The van der Waals surface area contributed by atoms with Gasteiger partial charge in [-0.25, -0.2) is 8.42 Å². The molecule has 4 amide bonds. The number of nitrogens with one attached hydrogen (secondary N) is 3. The molecular formula is C23H32N4O7S. The van der Waals surface area contributed by atoms with Crippen LogP contribution >= 0.6 is 0 Å². The third-order valence-corrected chi connectivity index (χ3v) is 7.58. The molecule has 0 radical (unpaired) electrons. The predicted octanol–water partition coefficient (Wildman–Crippen LogP) is -0.528. The number of rotatable bonds is 2. The van der Waals surface area contributed by atoms with Crippen molar-refractivity contribution in [1.82, 2.24) is 20.9 Å². The van der Waals surface area contributed by atoms with E-state index in [1.165, 1.54) is 4.90 Å². The van der Waals surface area contributed by atoms with Crippen LogP contribution in [0.3, 0.4) is 0 Å². The molecule has 2 heterocycles. The summed E-state index contributed by atoms with van der Waals surface area (Å²) < 4.78 is 29.3. The highest BCUT2D eigenvalue weighted by Crippen LogP contribution is 2.19. The zero-order valence-corrected chi connectivity index (χ0v) is 20.7. The predicted molar refractivity (Wildman–Crippen MR) is 127 cm³/mol. The second-order valence-corrected chi connectivity index (χ2v) is 11.3. The zero-order chi connectivity index (χ0) is 25.6. The van der Waals surface area contributed by atoms with Crippen LogP contribution in [0, 0.1) is 5.92 Å². The first-order chi connectivity index (χ1) is 16.6. The van der Waals surface area contributed by atoms with Crippen LogP contribution in [-0.4, -0.2) is 86.8 Å². The van der Waals surface area contributed by atoms with Crippen LogP contribution in [0.25, 0.3) is 0 Å². The number of hydrogen-bond donors (Lipinski definition) is 3. The van der Waals surface area contributed by atoms with E-state index in [2.05, 4.69) is 16.0 Å². The Morgan fingerprint density at radius 1 is 1.09 bits per heavy atom. The van der Waals surface area contributed by atoms with Crippen molar-refractivity contribution in [1.29, 1.82) is 0 Å². The average Bonchev–Trinajstić information content (AvgIpc) is 2.82. The van der Waals surface area contributed by atoms with Gasteiger partial charge in [0.1, 0.15) is 24.4 Å². The largest absolute Gasteiger partial charge is 0.491 e. The molecule has 1 fully saturated rings. The highest BCUT2D eigenvalue weighted by molar-refractivity contribution is 7.91. The fraction of sp³-hybridized carbons (Fsp3) is 0.565. The molecule has 0 aliphatic carbocycles. The molecule has 0 aromatic heterocycles. The molecule has 2 aliphatic rings. The maximum absolute atomic E-state index is 13.2. The fourth-order valence-electron chi connectivity index (χ4n) is 3.93. The first-order valence-electron chi connectivity index (χ1n) is 11.7. The highest BCUT2D eigenvalue weighted by Gasteiger charge is 2.32. The topological polar surface area (TPSA) is 151 Å². The lowest BCUT2D eigenvalue weighted by molar-refractivity contribution is -0.134. The van der Waals surface area contributed by atoms with Crippen molar-refractivity contribution in [3.8, 4) is 5.75 Å². The molecule has 1 aromatic rings. The monoisotopic (exact) mass is 508 g/mol. The maximum atomic E-state index is 13.2. The Morgan fingerprint density at radius 2 is 1.77 bits per heavy atom. The number of hydrogen-bond acceptors (Lipinski definition) is 7. The molecule has 3 rings (SSSR count). The Kier molecular flexibility index (Phi) is 8.71. The summed E-state index contributed by atoms with van der Waals surface area (Å²) in [5.41, 5.74) is 0.206. The van der Waals surface area contributed by atoms with Gasteiger partial charge < -0.3 is 25.6 Å². The van der Waals surface area contributed by atoms with Gasteiger partial charge >= 0.3 is 0 Å². The summed E-state index contributed by atoms with van der Waals surface area (Å²) in [5, 5.41) is 8.14. The first-order valence-corrected chi connectivity index (χ1v) is 13.5. The van der Waals surface area contributed by atoms with Gasteiger partial charge in [-0.3, -0.25) is 19.2 Å². The minimum atomic E-state index is -3.20. The van der Waals surface area contributed by atoms with Gasteiger partial charge in [0.2, 0.25) is 17.7 Å². The molecule has 11 nitrogen and oxygen atoms in total. The highest BCUT2D eigenvalue weighted by atomic mass is 32.2. The summed E-state index contributed by atoms with van der Waals surface area (Å²) >= 11 is 0. The summed E-state index contributed by atoms with van der Waals surface area (Å²) in [4.78, 5) is 53.0. The van der Waals surface area contributed by atoms with Gasteiger partial charge in [0.25, 0.3) is 5.91 Å². The van der Waals surface area contributed by atoms with Crippen LogP contribution in [0.15, 0.2) is 24.3 Å². The second-order valence-electron chi connectivity index (χ2n) is 8.97. The Morgan fingerprint density at radius 3 is 2.46 bits per heavy atom. The van der Waals surface area contributed by atoms with Gasteiger partial charge in [0.05, 0.1) is 23.6 Å². The van der Waals surface area contributed by atoms with Crippen LogP contribution in [0.2, 0.25) is 0 Å². The number of fused-ring (bicyclic) bond motifs is 1. The fourth-order valence-corrected chi connectivity index (χ4v) is 5.13. The average molecular weight is 509 g/mol. The quantitative estimate of drug-likeness (QED) is 0.486. The normalized spacial score (nSPS) is 24.1. The smallest absolute Gasteiger partial charge is 0.255 e. The SMILES string of the molecule is CC(C)[C@H]1NC(=O)CC[C@@H](C(=O)N2CCS(=O)(=O)CC2)NC(=O)c2ccccc2OCCNC1=O. The van der Waals surface area contributed by atoms with Gasteiger partial charge in [0, 0.05) is 19.5 Å². The van der Waals surface area contributed by atoms with Crippen molar-refractivity contribution in [2.75, 3.05) is 37.7 Å². The molecule has 0 spiro atoms. The molecule has 0 bridgehead atoms.